The highest BCUT2D eigenvalue weighted by Crippen LogP contribution is 2.45. The second-order valence-electron chi connectivity index (χ2n) is 7.36. The van der Waals surface area contributed by atoms with E-state index in [2.05, 4.69) is 32.7 Å². The van der Waals surface area contributed by atoms with E-state index >= 15 is 0 Å². The van der Waals surface area contributed by atoms with Crippen molar-refractivity contribution in [3.05, 3.63) is 35.9 Å². The topological polar surface area (TPSA) is 56.7 Å². The largest absolute Gasteiger partial charge is 0.354 e. The second kappa shape index (κ2) is 10.1. The zero-order valence-corrected chi connectivity index (χ0v) is 18.0. The highest BCUT2D eigenvalue weighted by molar-refractivity contribution is 14.0. The minimum absolute atomic E-state index is 0. The first-order valence-electron chi connectivity index (χ1n) is 9.47. The van der Waals surface area contributed by atoms with Crippen molar-refractivity contribution in [2.24, 2.45) is 10.4 Å². The molecule has 5 nitrogen and oxygen atoms in total. The average Bonchev–Trinajstić information content (AvgIpc) is 3.27. The van der Waals surface area contributed by atoms with E-state index in [-0.39, 0.29) is 36.4 Å². The highest BCUT2D eigenvalue weighted by atomic mass is 127. The van der Waals surface area contributed by atoms with Crippen LogP contribution in [0.2, 0.25) is 0 Å². The molecular weight excluding hydrogens is 439 g/mol. The van der Waals surface area contributed by atoms with Gasteiger partial charge >= 0.3 is 0 Å². The molecule has 0 radical (unpaired) electrons. The van der Waals surface area contributed by atoms with E-state index in [0.717, 1.165) is 25.5 Å². The molecule has 3 rings (SSSR count). The molecule has 1 aliphatic carbocycles. The summed E-state index contributed by atoms with van der Waals surface area (Å²) in [5, 5.41) is 6.20. The molecule has 1 amide bonds. The molecule has 2 N–H and O–H groups in total. The van der Waals surface area contributed by atoms with Gasteiger partial charge < -0.3 is 15.5 Å². The molecule has 1 saturated heterocycles. The fourth-order valence-electron chi connectivity index (χ4n) is 4.19. The van der Waals surface area contributed by atoms with Gasteiger partial charge in [0.2, 0.25) is 5.91 Å². The Morgan fingerprint density at radius 2 is 1.88 bits per heavy atom. The standard InChI is InChI=1S/C20H30N4O.HI/c1-21-19(24-14-12-20(16-24)10-5-6-11-20)23-15-18(25)22-13-9-17-7-3-2-4-8-17;/h2-4,7-8H,5-6,9-16H2,1H3,(H,21,23)(H,22,25);1H. The van der Waals surface area contributed by atoms with Crippen LogP contribution in [0.4, 0.5) is 0 Å². The molecule has 1 heterocycles. The molecule has 0 unspecified atom stereocenters. The van der Waals surface area contributed by atoms with Crippen molar-refractivity contribution in [1.29, 1.82) is 0 Å². The van der Waals surface area contributed by atoms with Gasteiger partial charge in [0.1, 0.15) is 0 Å². The summed E-state index contributed by atoms with van der Waals surface area (Å²) in [5.41, 5.74) is 1.75. The van der Waals surface area contributed by atoms with Crippen LogP contribution >= 0.6 is 24.0 Å². The molecule has 2 fully saturated rings. The molecule has 26 heavy (non-hydrogen) atoms. The van der Waals surface area contributed by atoms with E-state index in [1.54, 1.807) is 7.05 Å². The first kappa shape index (κ1) is 21.0. The van der Waals surface area contributed by atoms with Crippen LogP contribution in [-0.4, -0.2) is 50.0 Å². The van der Waals surface area contributed by atoms with Crippen molar-refractivity contribution in [3.8, 4) is 0 Å². The Hall–Kier alpha value is -1.31. The van der Waals surface area contributed by atoms with Crippen LogP contribution in [0.5, 0.6) is 0 Å². The normalized spacial score (nSPS) is 18.7. The van der Waals surface area contributed by atoms with Gasteiger partial charge in [0.15, 0.2) is 5.96 Å². The van der Waals surface area contributed by atoms with Crippen molar-refractivity contribution in [2.45, 2.75) is 38.5 Å². The summed E-state index contributed by atoms with van der Waals surface area (Å²) in [6.45, 7) is 3.08. The number of amides is 1. The molecule has 1 spiro atoms. The maximum atomic E-state index is 12.1. The van der Waals surface area contributed by atoms with Gasteiger partial charge in [0.25, 0.3) is 0 Å². The van der Waals surface area contributed by atoms with E-state index in [9.17, 15) is 4.79 Å². The van der Waals surface area contributed by atoms with Crippen LogP contribution in [-0.2, 0) is 11.2 Å². The molecule has 0 bridgehead atoms. The number of nitrogens with one attached hydrogen (secondary N) is 2. The number of halogens is 1. The zero-order chi connectivity index (χ0) is 17.5. The Labute approximate surface area is 174 Å². The Balaban J connectivity index is 0.00000243. The van der Waals surface area contributed by atoms with Crippen LogP contribution in [0, 0.1) is 5.41 Å². The van der Waals surface area contributed by atoms with Crippen molar-refractivity contribution in [3.63, 3.8) is 0 Å². The molecule has 1 aromatic rings. The number of benzene rings is 1. The van der Waals surface area contributed by atoms with E-state index in [1.807, 2.05) is 18.2 Å². The summed E-state index contributed by atoms with van der Waals surface area (Å²) in [7, 11) is 1.80. The smallest absolute Gasteiger partial charge is 0.239 e. The fraction of sp³-hybridized carbons (Fsp3) is 0.600. The molecule has 1 aromatic carbocycles. The summed E-state index contributed by atoms with van der Waals surface area (Å²) in [6, 6.07) is 10.2. The van der Waals surface area contributed by atoms with Gasteiger partial charge in [-0.15, -0.1) is 24.0 Å². The summed E-state index contributed by atoms with van der Waals surface area (Å²) in [4.78, 5) is 18.8. The van der Waals surface area contributed by atoms with Crippen LogP contribution < -0.4 is 10.6 Å². The number of aliphatic imine (C=N–C) groups is 1. The summed E-state index contributed by atoms with van der Waals surface area (Å²) in [6.07, 6.45) is 7.54. The van der Waals surface area contributed by atoms with Crippen LogP contribution in [0.15, 0.2) is 35.3 Å². The zero-order valence-electron chi connectivity index (χ0n) is 15.7. The van der Waals surface area contributed by atoms with E-state index in [1.165, 1.54) is 37.7 Å². The van der Waals surface area contributed by atoms with Gasteiger partial charge in [0, 0.05) is 26.7 Å². The van der Waals surface area contributed by atoms with Crippen LogP contribution in [0.3, 0.4) is 0 Å². The fourth-order valence-corrected chi connectivity index (χ4v) is 4.19. The quantitative estimate of drug-likeness (QED) is 0.396. The number of hydrogen-bond donors (Lipinski definition) is 2. The first-order chi connectivity index (χ1) is 12.2. The molecule has 0 aromatic heterocycles. The van der Waals surface area contributed by atoms with Crippen molar-refractivity contribution < 1.29 is 4.79 Å². The lowest BCUT2D eigenvalue weighted by Crippen LogP contribution is -2.45. The highest BCUT2D eigenvalue weighted by Gasteiger charge is 2.41. The predicted molar refractivity (Wildman–Crippen MR) is 117 cm³/mol. The summed E-state index contributed by atoms with van der Waals surface area (Å²) < 4.78 is 0. The molecule has 1 aliphatic heterocycles. The lowest BCUT2D eigenvalue weighted by molar-refractivity contribution is -0.120. The van der Waals surface area contributed by atoms with Crippen molar-refractivity contribution in [1.82, 2.24) is 15.5 Å². The number of carbonyl (C=O) groups is 1. The Kier molecular flexibility index (Phi) is 8.18. The van der Waals surface area contributed by atoms with Gasteiger partial charge in [-0.05, 0) is 36.7 Å². The number of nitrogens with zero attached hydrogens (tertiary/aromatic N) is 2. The van der Waals surface area contributed by atoms with Gasteiger partial charge in [-0.25, -0.2) is 0 Å². The average molecular weight is 470 g/mol. The molecule has 6 heteroatoms. The Morgan fingerprint density at radius 3 is 2.58 bits per heavy atom. The minimum Gasteiger partial charge on any atom is -0.354 e. The maximum absolute atomic E-state index is 12.1. The summed E-state index contributed by atoms with van der Waals surface area (Å²) >= 11 is 0. The lowest BCUT2D eigenvalue weighted by Gasteiger charge is -2.25. The van der Waals surface area contributed by atoms with Gasteiger partial charge in [-0.3, -0.25) is 9.79 Å². The van der Waals surface area contributed by atoms with Gasteiger partial charge in [0.05, 0.1) is 6.54 Å². The van der Waals surface area contributed by atoms with E-state index < -0.39 is 0 Å². The lowest BCUT2D eigenvalue weighted by atomic mass is 9.86. The number of rotatable bonds is 5. The molecule has 144 valence electrons. The third-order valence-corrected chi connectivity index (χ3v) is 5.60. The van der Waals surface area contributed by atoms with E-state index in [0.29, 0.717) is 12.0 Å². The predicted octanol–water partition coefficient (Wildman–Crippen LogP) is 2.80. The number of likely N-dealkylation sites (tertiary alicyclic amines) is 1. The molecule has 2 aliphatic rings. The van der Waals surface area contributed by atoms with Crippen LogP contribution in [0.25, 0.3) is 0 Å². The molecule has 0 atom stereocenters. The van der Waals surface area contributed by atoms with Gasteiger partial charge in [-0.1, -0.05) is 43.2 Å². The second-order valence-corrected chi connectivity index (χ2v) is 7.36. The van der Waals surface area contributed by atoms with Crippen molar-refractivity contribution in [2.75, 3.05) is 33.2 Å². The SMILES string of the molecule is CN=C(NCC(=O)NCCc1ccccc1)N1CCC2(CCCC2)C1.I. The molecular formula is C20H31IN4O. The summed E-state index contributed by atoms with van der Waals surface area (Å²) in [5.74, 6) is 0.883. The number of carbonyl (C=O) groups excluding carboxylic acids is 1. The molecule has 1 saturated carbocycles. The monoisotopic (exact) mass is 470 g/mol. The Morgan fingerprint density at radius 1 is 1.15 bits per heavy atom. The third kappa shape index (κ3) is 5.59. The Bertz CT molecular complexity index is 599. The van der Waals surface area contributed by atoms with Crippen molar-refractivity contribution >= 4 is 35.8 Å². The number of guanidine groups is 1. The number of hydrogen-bond acceptors (Lipinski definition) is 2. The van der Waals surface area contributed by atoms with E-state index in [4.69, 9.17) is 0 Å². The first-order valence-corrected chi connectivity index (χ1v) is 9.47. The van der Waals surface area contributed by atoms with Gasteiger partial charge in [-0.2, -0.15) is 0 Å². The minimum atomic E-state index is 0. The van der Waals surface area contributed by atoms with Crippen LogP contribution in [0.1, 0.15) is 37.7 Å². The third-order valence-electron chi connectivity index (χ3n) is 5.60. The maximum Gasteiger partial charge on any atom is 0.239 e.